The number of pyridine rings is 2. The topological polar surface area (TPSA) is 173 Å². The van der Waals surface area contributed by atoms with E-state index in [-0.39, 0.29) is 25.5 Å². The smallest absolute Gasteiger partial charge is 0.250 e. The molecule has 46 heavy (non-hydrogen) atoms. The summed E-state index contributed by atoms with van der Waals surface area (Å²) in [5, 5.41) is 43.9. The first-order chi connectivity index (χ1) is 22.3. The molecular formula is C34H44N6O6. The minimum Gasteiger partial charge on any atom is -0.394 e. The highest BCUT2D eigenvalue weighted by Gasteiger charge is 2.30. The standard InChI is InChI=1S/C34H44N6O6/c1-25-5-9-30(36-15-25)18-40(17-29-4-2-3-13-35-29)19-31-12-8-27(16-37-31)20-46-21-33(45)38-28-10-6-26(7-11-28)14-32(44)39-34(22-41,23-42)24-43/h2-4,6-13,15-16,25,32,39,41-44H,5,14,17-24H2,1H3,(H,38,45). The lowest BCUT2D eigenvalue weighted by Crippen LogP contribution is -2.58. The molecule has 3 aromatic rings. The number of allylic oxidation sites excluding steroid dienone is 1. The summed E-state index contributed by atoms with van der Waals surface area (Å²) >= 11 is 0. The van der Waals surface area contributed by atoms with Crippen LogP contribution in [0.2, 0.25) is 0 Å². The van der Waals surface area contributed by atoms with Crippen LogP contribution in [0.15, 0.2) is 83.8 Å². The van der Waals surface area contributed by atoms with Gasteiger partial charge in [-0.1, -0.05) is 37.3 Å². The Hall–Kier alpha value is -3.88. The largest absolute Gasteiger partial charge is 0.394 e. The lowest BCUT2D eigenvalue weighted by Gasteiger charge is -2.31. The van der Waals surface area contributed by atoms with Gasteiger partial charge in [-0.2, -0.15) is 0 Å². The predicted molar refractivity (Wildman–Crippen MR) is 175 cm³/mol. The number of carbonyl (C=O) groups excluding carboxylic acids is 1. The van der Waals surface area contributed by atoms with Crippen molar-refractivity contribution in [3.8, 4) is 0 Å². The minimum atomic E-state index is -1.38. The van der Waals surface area contributed by atoms with Crippen molar-refractivity contribution in [1.29, 1.82) is 0 Å². The molecule has 3 heterocycles. The van der Waals surface area contributed by atoms with Crippen molar-refractivity contribution in [2.75, 3.05) is 38.3 Å². The molecule has 2 aromatic heterocycles. The van der Waals surface area contributed by atoms with Crippen LogP contribution in [0.4, 0.5) is 5.69 Å². The number of aliphatic hydroxyl groups excluding tert-OH is 4. The Morgan fingerprint density at radius 1 is 0.978 bits per heavy atom. The molecule has 1 aromatic carbocycles. The van der Waals surface area contributed by atoms with E-state index in [0.717, 1.165) is 34.6 Å². The van der Waals surface area contributed by atoms with E-state index in [0.29, 0.717) is 31.2 Å². The zero-order valence-electron chi connectivity index (χ0n) is 26.1. The number of aromatic nitrogens is 2. The molecule has 12 nitrogen and oxygen atoms in total. The molecule has 0 aliphatic carbocycles. The lowest BCUT2D eigenvalue weighted by molar-refractivity contribution is -0.121. The third-order valence-corrected chi connectivity index (χ3v) is 7.54. The number of benzene rings is 1. The average Bonchev–Trinajstić information content (AvgIpc) is 3.07. The van der Waals surface area contributed by atoms with Crippen LogP contribution < -0.4 is 10.6 Å². The van der Waals surface area contributed by atoms with Crippen molar-refractivity contribution in [3.63, 3.8) is 0 Å². The van der Waals surface area contributed by atoms with Crippen LogP contribution in [-0.4, -0.2) is 92.2 Å². The molecular weight excluding hydrogens is 588 g/mol. The number of aliphatic imine (C=N–C) groups is 1. The highest BCUT2D eigenvalue weighted by atomic mass is 16.5. The fourth-order valence-corrected chi connectivity index (χ4v) is 4.84. The van der Waals surface area contributed by atoms with E-state index in [9.17, 15) is 25.2 Å². The number of hydrogen-bond acceptors (Lipinski definition) is 11. The number of hydrogen-bond donors (Lipinski definition) is 6. The molecule has 4 rings (SSSR count). The molecule has 0 saturated carbocycles. The Morgan fingerprint density at radius 3 is 2.30 bits per heavy atom. The summed E-state index contributed by atoms with van der Waals surface area (Å²) in [5.41, 5.74) is 3.73. The van der Waals surface area contributed by atoms with Gasteiger partial charge in [0.15, 0.2) is 0 Å². The molecule has 1 amide bonds. The SMILES string of the molecule is CC1C=NC(CN(Cc2ccccn2)Cc2ccc(COCC(=O)Nc3ccc(CC(O)NC(CO)(CO)CO)cc3)cn2)=CC1. The molecule has 0 saturated heterocycles. The number of rotatable bonds is 18. The van der Waals surface area contributed by atoms with Gasteiger partial charge in [-0.15, -0.1) is 0 Å². The molecule has 0 radical (unpaired) electrons. The summed E-state index contributed by atoms with van der Waals surface area (Å²) in [4.78, 5) is 28.4. The normalized spacial score (nSPS) is 15.5. The van der Waals surface area contributed by atoms with Crippen LogP contribution in [0.3, 0.4) is 0 Å². The molecule has 6 N–H and O–H groups in total. The van der Waals surface area contributed by atoms with Crippen LogP contribution >= 0.6 is 0 Å². The van der Waals surface area contributed by atoms with Crippen molar-refractivity contribution < 1.29 is 30.0 Å². The Kier molecular flexibility index (Phi) is 13.5. The third kappa shape index (κ3) is 11.2. The number of anilines is 1. The van der Waals surface area contributed by atoms with Gasteiger partial charge < -0.3 is 30.5 Å². The Bertz CT molecular complexity index is 1410. The first kappa shape index (κ1) is 35.0. The summed E-state index contributed by atoms with van der Waals surface area (Å²) < 4.78 is 5.62. The predicted octanol–water partition coefficient (Wildman–Crippen LogP) is 1.79. The van der Waals surface area contributed by atoms with Crippen LogP contribution in [-0.2, 0) is 35.6 Å². The van der Waals surface area contributed by atoms with Gasteiger partial charge in [-0.25, -0.2) is 0 Å². The van der Waals surface area contributed by atoms with Gasteiger partial charge in [0, 0.05) is 50.4 Å². The Balaban J connectivity index is 1.22. The van der Waals surface area contributed by atoms with Crippen molar-refractivity contribution in [1.82, 2.24) is 20.2 Å². The van der Waals surface area contributed by atoms with Crippen molar-refractivity contribution in [3.05, 3.63) is 101 Å². The average molecular weight is 633 g/mol. The second-order valence-electron chi connectivity index (χ2n) is 11.7. The maximum absolute atomic E-state index is 12.4. The van der Waals surface area contributed by atoms with Gasteiger partial charge in [0.25, 0.3) is 0 Å². The van der Waals surface area contributed by atoms with Gasteiger partial charge in [-0.05, 0) is 53.8 Å². The molecule has 0 spiro atoms. The fraction of sp³-hybridized carbons (Fsp3) is 0.412. The van der Waals surface area contributed by atoms with E-state index in [4.69, 9.17) is 4.74 Å². The van der Waals surface area contributed by atoms with E-state index in [2.05, 4.69) is 43.5 Å². The molecule has 246 valence electrons. The minimum absolute atomic E-state index is 0.135. The van der Waals surface area contributed by atoms with Crippen LogP contribution in [0.1, 0.15) is 35.9 Å². The molecule has 1 aliphatic heterocycles. The molecule has 1 aliphatic rings. The maximum Gasteiger partial charge on any atom is 0.250 e. The first-order valence-electron chi connectivity index (χ1n) is 15.3. The third-order valence-electron chi connectivity index (χ3n) is 7.54. The van der Waals surface area contributed by atoms with Gasteiger partial charge >= 0.3 is 0 Å². The second kappa shape index (κ2) is 17.7. The highest BCUT2D eigenvalue weighted by Crippen LogP contribution is 2.17. The quantitative estimate of drug-likeness (QED) is 0.114. The van der Waals surface area contributed by atoms with Crippen LogP contribution in [0.25, 0.3) is 0 Å². The monoisotopic (exact) mass is 632 g/mol. The number of aliphatic hydroxyl groups is 4. The number of nitrogens with one attached hydrogen (secondary N) is 2. The number of ether oxygens (including phenoxy) is 1. The van der Waals surface area contributed by atoms with Gasteiger partial charge in [0.1, 0.15) is 12.8 Å². The Morgan fingerprint density at radius 2 is 1.70 bits per heavy atom. The van der Waals surface area contributed by atoms with E-state index < -0.39 is 31.6 Å². The lowest BCUT2D eigenvalue weighted by atomic mass is 10.0. The maximum atomic E-state index is 12.4. The van der Waals surface area contributed by atoms with Crippen LogP contribution in [0, 0.1) is 5.92 Å². The number of amides is 1. The van der Waals surface area contributed by atoms with E-state index >= 15 is 0 Å². The van der Waals surface area contributed by atoms with E-state index in [1.54, 1.807) is 36.7 Å². The van der Waals surface area contributed by atoms with Crippen molar-refractivity contribution >= 4 is 17.8 Å². The summed E-state index contributed by atoms with van der Waals surface area (Å²) in [6, 6.07) is 16.7. The van der Waals surface area contributed by atoms with E-state index in [1.165, 1.54) is 0 Å². The molecule has 0 bridgehead atoms. The molecule has 2 atom stereocenters. The highest BCUT2D eigenvalue weighted by molar-refractivity contribution is 5.91. The van der Waals surface area contributed by atoms with Crippen molar-refractivity contribution in [2.24, 2.45) is 10.9 Å². The summed E-state index contributed by atoms with van der Waals surface area (Å²) in [6.45, 7) is 2.65. The molecule has 2 unspecified atom stereocenters. The zero-order valence-corrected chi connectivity index (χ0v) is 26.1. The first-order valence-corrected chi connectivity index (χ1v) is 15.3. The molecule has 12 heteroatoms. The zero-order chi connectivity index (χ0) is 32.8. The number of carbonyl (C=O) groups is 1. The second-order valence-corrected chi connectivity index (χ2v) is 11.7. The number of nitrogens with zero attached hydrogens (tertiary/aromatic N) is 4. The Labute approximate surface area is 269 Å². The van der Waals surface area contributed by atoms with Gasteiger partial charge in [-0.3, -0.25) is 30.0 Å². The summed E-state index contributed by atoms with van der Waals surface area (Å²) in [6.07, 6.45) is 7.82. The van der Waals surface area contributed by atoms with Crippen molar-refractivity contribution in [2.45, 2.75) is 51.2 Å². The van der Waals surface area contributed by atoms with Gasteiger partial charge in [0.2, 0.25) is 5.91 Å². The molecule has 0 fully saturated rings. The fourth-order valence-electron chi connectivity index (χ4n) is 4.84. The summed E-state index contributed by atoms with van der Waals surface area (Å²) in [5.74, 6) is 0.149. The van der Waals surface area contributed by atoms with Gasteiger partial charge in [0.05, 0.1) is 49.1 Å². The van der Waals surface area contributed by atoms with Crippen LogP contribution in [0.5, 0.6) is 0 Å². The summed E-state index contributed by atoms with van der Waals surface area (Å²) in [7, 11) is 0. The van der Waals surface area contributed by atoms with E-state index in [1.807, 2.05) is 36.5 Å².